The first-order valence-electron chi connectivity index (χ1n) is 9.36. The molecule has 1 aromatic carbocycles. The summed E-state index contributed by atoms with van der Waals surface area (Å²) in [6.07, 6.45) is 5.08. The van der Waals surface area contributed by atoms with Gasteiger partial charge in [0.05, 0.1) is 4.92 Å². The van der Waals surface area contributed by atoms with Crippen molar-refractivity contribution in [3.63, 3.8) is 0 Å². The zero-order valence-corrected chi connectivity index (χ0v) is 15.6. The molecule has 0 bridgehead atoms. The molecule has 1 heterocycles. The summed E-state index contributed by atoms with van der Waals surface area (Å²) in [5, 5.41) is 16.2. The van der Waals surface area contributed by atoms with Crippen molar-refractivity contribution in [2.75, 3.05) is 7.05 Å². The summed E-state index contributed by atoms with van der Waals surface area (Å²) in [4.78, 5) is 35.2. The second-order valence-corrected chi connectivity index (χ2v) is 6.93. The summed E-state index contributed by atoms with van der Waals surface area (Å²) < 4.78 is 5.62. The van der Waals surface area contributed by atoms with Crippen LogP contribution >= 0.6 is 0 Å². The van der Waals surface area contributed by atoms with Gasteiger partial charge in [0.15, 0.2) is 5.76 Å². The van der Waals surface area contributed by atoms with Crippen molar-refractivity contribution in [2.24, 2.45) is 5.92 Å². The number of nitro groups is 1. The van der Waals surface area contributed by atoms with E-state index in [1.54, 1.807) is 25.2 Å². The van der Waals surface area contributed by atoms with E-state index in [0.29, 0.717) is 11.3 Å². The first-order chi connectivity index (χ1) is 13.5. The number of benzene rings is 1. The number of nitrogens with one attached hydrogen (secondary N) is 2. The number of carbonyl (C=O) groups is 2. The van der Waals surface area contributed by atoms with Crippen molar-refractivity contribution in [1.29, 1.82) is 0 Å². The SMILES string of the molecule is CNC(=O)[C@@H](NC(=O)c1ccc(-c2ccc([N+](=O)[O-])cc2)o1)C1CCCCC1. The maximum Gasteiger partial charge on any atom is 0.287 e. The molecule has 1 aliphatic carbocycles. The van der Waals surface area contributed by atoms with Gasteiger partial charge < -0.3 is 15.1 Å². The van der Waals surface area contributed by atoms with Gasteiger partial charge in [-0.05, 0) is 43.0 Å². The van der Waals surface area contributed by atoms with Gasteiger partial charge in [-0.1, -0.05) is 19.3 Å². The normalized spacial score (nSPS) is 15.6. The Bertz CT molecular complexity index is 853. The van der Waals surface area contributed by atoms with E-state index < -0.39 is 16.9 Å². The summed E-state index contributed by atoms with van der Waals surface area (Å²) in [6.45, 7) is 0. The fourth-order valence-corrected chi connectivity index (χ4v) is 3.60. The highest BCUT2D eigenvalue weighted by Gasteiger charge is 2.31. The van der Waals surface area contributed by atoms with Gasteiger partial charge in [0.25, 0.3) is 11.6 Å². The van der Waals surface area contributed by atoms with Crippen LogP contribution in [0, 0.1) is 16.0 Å². The molecule has 2 N–H and O–H groups in total. The minimum absolute atomic E-state index is 0.0193. The molecule has 2 aromatic rings. The van der Waals surface area contributed by atoms with Crippen LogP contribution in [0.25, 0.3) is 11.3 Å². The van der Waals surface area contributed by atoms with Gasteiger partial charge in [0.2, 0.25) is 5.91 Å². The number of nitro benzene ring substituents is 1. The van der Waals surface area contributed by atoms with Crippen molar-refractivity contribution in [3.05, 3.63) is 52.3 Å². The number of hydrogen-bond donors (Lipinski definition) is 2. The van der Waals surface area contributed by atoms with Crippen molar-refractivity contribution in [1.82, 2.24) is 10.6 Å². The van der Waals surface area contributed by atoms with E-state index in [1.807, 2.05) is 0 Å². The Morgan fingerprint density at radius 3 is 2.39 bits per heavy atom. The number of nitrogens with zero attached hydrogens (tertiary/aromatic N) is 1. The minimum Gasteiger partial charge on any atom is -0.451 e. The van der Waals surface area contributed by atoms with Gasteiger partial charge in [-0.15, -0.1) is 0 Å². The summed E-state index contributed by atoms with van der Waals surface area (Å²) in [5.74, 6) is -0.0243. The van der Waals surface area contributed by atoms with Crippen LogP contribution in [-0.4, -0.2) is 29.8 Å². The third kappa shape index (κ3) is 4.39. The van der Waals surface area contributed by atoms with Gasteiger partial charge in [-0.3, -0.25) is 19.7 Å². The molecule has 1 aliphatic rings. The van der Waals surface area contributed by atoms with Crippen molar-refractivity contribution >= 4 is 17.5 Å². The summed E-state index contributed by atoms with van der Waals surface area (Å²) >= 11 is 0. The lowest BCUT2D eigenvalue weighted by Crippen LogP contribution is -2.50. The predicted molar refractivity (Wildman–Crippen MR) is 103 cm³/mol. The zero-order chi connectivity index (χ0) is 20.1. The molecular weight excluding hydrogens is 362 g/mol. The molecule has 28 heavy (non-hydrogen) atoms. The van der Waals surface area contributed by atoms with Gasteiger partial charge in [-0.25, -0.2) is 0 Å². The highest BCUT2D eigenvalue weighted by atomic mass is 16.6. The van der Waals surface area contributed by atoms with Gasteiger partial charge in [0, 0.05) is 24.7 Å². The molecule has 2 amide bonds. The lowest BCUT2D eigenvalue weighted by atomic mass is 9.83. The van der Waals surface area contributed by atoms with E-state index in [2.05, 4.69) is 10.6 Å². The number of non-ortho nitro benzene ring substituents is 1. The van der Waals surface area contributed by atoms with E-state index in [4.69, 9.17) is 4.42 Å². The molecular formula is C20H23N3O5. The molecule has 1 atom stereocenters. The predicted octanol–water partition coefficient (Wildman–Crippen LogP) is 3.28. The Morgan fingerprint density at radius 1 is 1.11 bits per heavy atom. The van der Waals surface area contributed by atoms with E-state index >= 15 is 0 Å². The number of carbonyl (C=O) groups excluding carboxylic acids is 2. The number of amides is 2. The van der Waals surface area contributed by atoms with Crippen LogP contribution in [0.5, 0.6) is 0 Å². The molecule has 1 aromatic heterocycles. The lowest BCUT2D eigenvalue weighted by molar-refractivity contribution is -0.384. The fraction of sp³-hybridized carbons (Fsp3) is 0.400. The monoisotopic (exact) mass is 385 g/mol. The van der Waals surface area contributed by atoms with Gasteiger partial charge in [0.1, 0.15) is 11.8 Å². The highest BCUT2D eigenvalue weighted by molar-refractivity contribution is 5.96. The van der Waals surface area contributed by atoms with Crippen LogP contribution in [0.2, 0.25) is 0 Å². The number of likely N-dealkylation sites (N-methyl/N-ethyl adjacent to an activating group) is 1. The first-order valence-corrected chi connectivity index (χ1v) is 9.36. The maximum absolute atomic E-state index is 12.6. The Morgan fingerprint density at radius 2 is 1.79 bits per heavy atom. The van der Waals surface area contributed by atoms with Crippen LogP contribution < -0.4 is 10.6 Å². The largest absolute Gasteiger partial charge is 0.451 e. The zero-order valence-electron chi connectivity index (χ0n) is 15.6. The quantitative estimate of drug-likeness (QED) is 0.585. The van der Waals surface area contributed by atoms with Crippen molar-refractivity contribution in [3.8, 4) is 11.3 Å². The first kappa shape index (κ1) is 19.6. The summed E-state index contributed by atoms with van der Waals surface area (Å²) in [7, 11) is 1.56. The van der Waals surface area contributed by atoms with E-state index in [1.165, 1.54) is 18.2 Å². The molecule has 1 fully saturated rings. The fourth-order valence-electron chi connectivity index (χ4n) is 3.60. The molecule has 1 saturated carbocycles. The minimum atomic E-state index is -0.592. The molecule has 0 unspecified atom stereocenters. The topological polar surface area (TPSA) is 114 Å². The van der Waals surface area contributed by atoms with Crippen molar-refractivity contribution in [2.45, 2.75) is 38.1 Å². The Labute approximate surface area is 162 Å². The average molecular weight is 385 g/mol. The number of hydrogen-bond acceptors (Lipinski definition) is 5. The van der Waals surface area contributed by atoms with Crippen LogP contribution in [-0.2, 0) is 4.79 Å². The highest BCUT2D eigenvalue weighted by Crippen LogP contribution is 2.28. The van der Waals surface area contributed by atoms with Crippen LogP contribution in [0.3, 0.4) is 0 Å². The van der Waals surface area contributed by atoms with E-state index in [9.17, 15) is 19.7 Å². The molecule has 3 rings (SSSR count). The molecule has 0 radical (unpaired) electrons. The third-order valence-electron chi connectivity index (χ3n) is 5.13. The van der Waals surface area contributed by atoms with Crippen LogP contribution in [0.15, 0.2) is 40.8 Å². The standard InChI is InChI=1S/C20H23N3O5/c1-21-20(25)18(14-5-3-2-4-6-14)22-19(24)17-12-11-16(28-17)13-7-9-15(10-8-13)23(26)27/h7-12,14,18H,2-6H2,1H3,(H,21,25)(H,22,24)/t18-/m0/s1. The third-order valence-corrected chi connectivity index (χ3v) is 5.13. The lowest BCUT2D eigenvalue weighted by Gasteiger charge is -2.29. The Kier molecular flexibility index (Phi) is 6.08. The van der Waals surface area contributed by atoms with Gasteiger partial charge in [-0.2, -0.15) is 0 Å². The molecule has 8 heteroatoms. The second-order valence-electron chi connectivity index (χ2n) is 6.93. The number of rotatable bonds is 6. The summed E-state index contributed by atoms with van der Waals surface area (Å²) in [5.41, 5.74) is 0.606. The molecule has 0 aliphatic heterocycles. The van der Waals surface area contributed by atoms with E-state index in [0.717, 1.165) is 32.1 Å². The molecule has 0 saturated heterocycles. The van der Waals surface area contributed by atoms with Gasteiger partial charge >= 0.3 is 0 Å². The van der Waals surface area contributed by atoms with E-state index in [-0.39, 0.29) is 23.3 Å². The molecule has 148 valence electrons. The van der Waals surface area contributed by atoms with Crippen LogP contribution in [0.1, 0.15) is 42.7 Å². The Hall–Kier alpha value is -3.16. The maximum atomic E-state index is 12.6. The smallest absolute Gasteiger partial charge is 0.287 e. The average Bonchev–Trinajstić information content (AvgIpc) is 3.22. The number of furan rings is 1. The van der Waals surface area contributed by atoms with Crippen molar-refractivity contribution < 1.29 is 18.9 Å². The molecule has 0 spiro atoms. The second kappa shape index (κ2) is 8.69. The van der Waals surface area contributed by atoms with Crippen LogP contribution in [0.4, 0.5) is 5.69 Å². The summed E-state index contributed by atoms with van der Waals surface area (Å²) in [6, 6.07) is 8.46. The molecule has 8 nitrogen and oxygen atoms in total. The Balaban J connectivity index is 1.73.